The molecule has 4 nitrogen and oxygen atoms in total. The minimum Gasteiger partial charge on any atom is -0.508 e. The predicted molar refractivity (Wildman–Crippen MR) is 91.6 cm³/mol. The molecule has 4 N–H and O–H groups in total. The van der Waals surface area contributed by atoms with Gasteiger partial charge in [0, 0.05) is 17.2 Å². The van der Waals surface area contributed by atoms with Crippen LogP contribution in [0.5, 0.6) is 23.0 Å². The second-order valence-electron chi connectivity index (χ2n) is 5.60. The van der Waals surface area contributed by atoms with E-state index in [2.05, 4.69) is 0 Å². The monoisotopic (exact) mass is 312 g/mol. The highest BCUT2D eigenvalue weighted by Crippen LogP contribution is 2.31. The zero-order chi connectivity index (χ0) is 17.0. The lowest BCUT2D eigenvalue weighted by Gasteiger charge is -2.07. The molecule has 2 rings (SSSR count). The zero-order valence-electron chi connectivity index (χ0n) is 13.1. The predicted octanol–water partition coefficient (Wildman–Crippen LogP) is 4.19. The minimum absolute atomic E-state index is 0.0152. The first-order chi connectivity index (χ1) is 10.9. The summed E-state index contributed by atoms with van der Waals surface area (Å²) in [6.07, 6.45) is 5.69. The fraction of sp³-hybridized carbons (Fsp3) is 0.158. The van der Waals surface area contributed by atoms with Gasteiger partial charge in [0.25, 0.3) is 0 Å². The Hall–Kier alpha value is -2.88. The average molecular weight is 312 g/mol. The van der Waals surface area contributed by atoms with E-state index in [-0.39, 0.29) is 23.0 Å². The van der Waals surface area contributed by atoms with Crippen molar-refractivity contribution in [2.75, 3.05) is 0 Å². The summed E-state index contributed by atoms with van der Waals surface area (Å²) < 4.78 is 0. The summed E-state index contributed by atoms with van der Waals surface area (Å²) in [5, 5.41) is 39.1. The van der Waals surface area contributed by atoms with Crippen LogP contribution in [0, 0.1) is 0 Å². The fourth-order valence-corrected chi connectivity index (χ4v) is 2.13. The van der Waals surface area contributed by atoms with Gasteiger partial charge in [0.15, 0.2) is 0 Å². The van der Waals surface area contributed by atoms with Gasteiger partial charge in [0.2, 0.25) is 0 Å². The average Bonchev–Trinajstić information content (AvgIpc) is 2.45. The molecule has 0 saturated heterocycles. The smallest absolute Gasteiger partial charge is 0.126 e. The first kappa shape index (κ1) is 16.5. The number of rotatable bonds is 4. The fourth-order valence-electron chi connectivity index (χ4n) is 2.13. The maximum absolute atomic E-state index is 10.1. The summed E-state index contributed by atoms with van der Waals surface area (Å²) in [6.45, 7) is 3.91. The van der Waals surface area contributed by atoms with E-state index in [1.807, 2.05) is 19.9 Å². The van der Waals surface area contributed by atoms with Crippen molar-refractivity contribution in [1.29, 1.82) is 0 Å². The summed E-state index contributed by atoms with van der Waals surface area (Å²) in [4.78, 5) is 0. The summed E-state index contributed by atoms with van der Waals surface area (Å²) in [5.41, 5.74) is 2.72. The van der Waals surface area contributed by atoms with E-state index in [0.717, 1.165) is 5.57 Å². The highest BCUT2D eigenvalue weighted by Gasteiger charge is 2.08. The van der Waals surface area contributed by atoms with Crippen LogP contribution in [0.15, 0.2) is 42.0 Å². The maximum Gasteiger partial charge on any atom is 0.126 e. The molecule has 0 bridgehead atoms. The Morgan fingerprint density at radius 1 is 0.870 bits per heavy atom. The third-order valence-electron chi connectivity index (χ3n) is 3.41. The quantitative estimate of drug-likeness (QED) is 0.504. The van der Waals surface area contributed by atoms with E-state index in [9.17, 15) is 20.4 Å². The first-order valence-corrected chi connectivity index (χ1v) is 7.25. The van der Waals surface area contributed by atoms with Gasteiger partial charge in [-0.1, -0.05) is 23.8 Å². The van der Waals surface area contributed by atoms with Gasteiger partial charge in [-0.3, -0.25) is 0 Å². The van der Waals surface area contributed by atoms with Crippen molar-refractivity contribution in [3.8, 4) is 23.0 Å². The Bertz CT molecular complexity index is 746. The largest absolute Gasteiger partial charge is 0.508 e. The number of aromatic hydroxyl groups is 4. The van der Waals surface area contributed by atoms with E-state index < -0.39 is 0 Å². The third kappa shape index (κ3) is 4.30. The molecule has 0 fully saturated rings. The number of hydrogen-bond acceptors (Lipinski definition) is 4. The van der Waals surface area contributed by atoms with E-state index in [1.165, 1.54) is 12.1 Å². The van der Waals surface area contributed by atoms with Crippen molar-refractivity contribution in [3.63, 3.8) is 0 Å². The molecule has 0 heterocycles. The number of phenolic OH excluding ortho intramolecular Hbond substituents is 4. The van der Waals surface area contributed by atoms with Crippen LogP contribution in [0.2, 0.25) is 0 Å². The molecular formula is C19H20O4. The van der Waals surface area contributed by atoms with Crippen LogP contribution in [0.4, 0.5) is 0 Å². The lowest BCUT2D eigenvalue weighted by atomic mass is 10.0. The van der Waals surface area contributed by atoms with Crippen molar-refractivity contribution >= 4 is 12.2 Å². The molecule has 2 aromatic rings. The molecule has 120 valence electrons. The van der Waals surface area contributed by atoms with Crippen LogP contribution in [-0.4, -0.2) is 20.4 Å². The van der Waals surface area contributed by atoms with Gasteiger partial charge in [-0.15, -0.1) is 0 Å². The van der Waals surface area contributed by atoms with Gasteiger partial charge in [-0.25, -0.2) is 0 Å². The lowest BCUT2D eigenvalue weighted by Crippen LogP contribution is -1.87. The van der Waals surface area contributed by atoms with Gasteiger partial charge in [0.1, 0.15) is 23.0 Å². The van der Waals surface area contributed by atoms with Crippen LogP contribution in [0.25, 0.3) is 12.2 Å². The molecule has 0 spiro atoms. The van der Waals surface area contributed by atoms with E-state index >= 15 is 0 Å². The van der Waals surface area contributed by atoms with Crippen LogP contribution in [0.1, 0.15) is 30.5 Å². The van der Waals surface area contributed by atoms with Crippen molar-refractivity contribution in [3.05, 3.63) is 58.7 Å². The van der Waals surface area contributed by atoms with E-state index in [0.29, 0.717) is 23.1 Å². The molecule has 0 saturated carbocycles. The highest BCUT2D eigenvalue weighted by molar-refractivity contribution is 5.74. The van der Waals surface area contributed by atoms with Crippen molar-refractivity contribution in [2.45, 2.75) is 20.3 Å². The highest BCUT2D eigenvalue weighted by atomic mass is 16.3. The number of hydrogen-bond donors (Lipinski definition) is 4. The lowest BCUT2D eigenvalue weighted by molar-refractivity contribution is 0.440. The molecule has 4 heteroatoms. The normalized spacial score (nSPS) is 10.9. The van der Waals surface area contributed by atoms with E-state index in [4.69, 9.17) is 0 Å². The van der Waals surface area contributed by atoms with Crippen molar-refractivity contribution in [1.82, 2.24) is 0 Å². The van der Waals surface area contributed by atoms with Crippen molar-refractivity contribution < 1.29 is 20.4 Å². The third-order valence-corrected chi connectivity index (χ3v) is 3.41. The maximum atomic E-state index is 10.1. The summed E-state index contributed by atoms with van der Waals surface area (Å²) in [6, 6.07) is 7.40. The SMILES string of the molecule is CC(C)=CCc1c(O)cc(/C=C/c2ccc(O)cc2O)cc1O. The van der Waals surface area contributed by atoms with Crippen molar-refractivity contribution in [2.24, 2.45) is 0 Å². The van der Waals surface area contributed by atoms with Crippen LogP contribution in [-0.2, 0) is 6.42 Å². The molecule has 0 radical (unpaired) electrons. The standard InChI is InChI=1S/C19H20O4/c1-12(2)3-8-16-18(22)9-13(10-19(16)23)4-5-14-6-7-15(20)11-17(14)21/h3-7,9-11,20-23H,8H2,1-2H3/b5-4+. The summed E-state index contributed by atoms with van der Waals surface area (Å²) in [7, 11) is 0. The summed E-state index contributed by atoms with van der Waals surface area (Å²) >= 11 is 0. The molecule has 2 aromatic carbocycles. The van der Waals surface area contributed by atoms with Crippen LogP contribution in [0.3, 0.4) is 0 Å². The molecule has 0 amide bonds. The molecular weight excluding hydrogens is 292 g/mol. The van der Waals surface area contributed by atoms with Crippen LogP contribution >= 0.6 is 0 Å². The zero-order valence-corrected chi connectivity index (χ0v) is 13.1. The molecule has 0 unspecified atom stereocenters. The number of phenols is 4. The van der Waals surface area contributed by atoms with Gasteiger partial charge < -0.3 is 20.4 Å². The summed E-state index contributed by atoms with van der Waals surface area (Å²) in [5.74, 6) is -0.0115. The second-order valence-corrected chi connectivity index (χ2v) is 5.60. The number of benzene rings is 2. The Morgan fingerprint density at radius 2 is 1.52 bits per heavy atom. The van der Waals surface area contributed by atoms with Gasteiger partial charge in [0.05, 0.1) is 0 Å². The van der Waals surface area contributed by atoms with Crippen LogP contribution < -0.4 is 0 Å². The van der Waals surface area contributed by atoms with Gasteiger partial charge in [-0.05, 0) is 50.1 Å². The van der Waals surface area contributed by atoms with Gasteiger partial charge >= 0.3 is 0 Å². The first-order valence-electron chi connectivity index (χ1n) is 7.25. The number of allylic oxidation sites excluding steroid dienone is 2. The van der Waals surface area contributed by atoms with Gasteiger partial charge in [-0.2, -0.15) is 0 Å². The topological polar surface area (TPSA) is 80.9 Å². The molecule has 0 aliphatic rings. The second kappa shape index (κ2) is 6.92. The Balaban J connectivity index is 2.27. The molecule has 0 aliphatic heterocycles. The Labute approximate surface area is 135 Å². The molecule has 0 atom stereocenters. The minimum atomic E-state index is -0.0464. The molecule has 23 heavy (non-hydrogen) atoms. The molecule has 0 aromatic heterocycles. The Kier molecular flexibility index (Phi) is 4.96. The van der Waals surface area contributed by atoms with E-state index in [1.54, 1.807) is 30.4 Å². The Morgan fingerprint density at radius 3 is 2.09 bits per heavy atom. The molecule has 0 aliphatic carbocycles.